The van der Waals surface area contributed by atoms with Crippen LogP contribution in [0, 0.1) is 12.7 Å². The Kier molecular flexibility index (Phi) is 2.65. The van der Waals surface area contributed by atoms with Gasteiger partial charge in [-0.3, -0.25) is 0 Å². The van der Waals surface area contributed by atoms with Gasteiger partial charge in [0, 0.05) is 6.20 Å². The summed E-state index contributed by atoms with van der Waals surface area (Å²) in [7, 11) is 0. The first-order chi connectivity index (χ1) is 7.88. The first-order valence-electron chi connectivity index (χ1n) is 4.77. The second kappa shape index (κ2) is 3.87. The summed E-state index contributed by atoms with van der Waals surface area (Å²) in [5, 5.41) is 3.41. The molecule has 6 heteroatoms. The lowest BCUT2D eigenvalue weighted by Crippen LogP contribution is -2.07. The molecule has 0 saturated carbocycles. The van der Waals surface area contributed by atoms with Crippen molar-refractivity contribution in [1.82, 2.24) is 9.78 Å². The topological polar surface area (TPSA) is 17.8 Å². The Morgan fingerprint density at radius 2 is 1.88 bits per heavy atom. The summed E-state index contributed by atoms with van der Waals surface area (Å²) in [4.78, 5) is 0. The molecule has 0 aliphatic carbocycles. The molecule has 1 aromatic carbocycles. The van der Waals surface area contributed by atoms with Crippen LogP contribution in [0.4, 0.5) is 17.6 Å². The van der Waals surface area contributed by atoms with Gasteiger partial charge < -0.3 is 0 Å². The van der Waals surface area contributed by atoms with Gasteiger partial charge in [0.25, 0.3) is 0 Å². The maximum absolute atomic E-state index is 12.8. The van der Waals surface area contributed by atoms with E-state index in [1.54, 1.807) is 6.92 Å². The molecule has 90 valence electrons. The van der Waals surface area contributed by atoms with Gasteiger partial charge in [-0.2, -0.15) is 18.3 Å². The van der Waals surface area contributed by atoms with Gasteiger partial charge in [0.05, 0.1) is 5.69 Å². The van der Waals surface area contributed by atoms with Crippen LogP contribution < -0.4 is 0 Å². The highest BCUT2D eigenvalue weighted by molar-refractivity contribution is 5.39. The van der Waals surface area contributed by atoms with Crippen molar-refractivity contribution < 1.29 is 17.6 Å². The second-order valence-electron chi connectivity index (χ2n) is 3.57. The number of rotatable bonds is 1. The van der Waals surface area contributed by atoms with E-state index in [2.05, 4.69) is 5.10 Å². The summed E-state index contributed by atoms with van der Waals surface area (Å²) >= 11 is 0. The SMILES string of the molecule is Cc1cc(F)ccc1-n1ccc(C(F)(F)F)n1. The van der Waals surface area contributed by atoms with Crippen LogP contribution in [-0.2, 0) is 6.18 Å². The molecule has 0 radical (unpaired) electrons. The van der Waals surface area contributed by atoms with E-state index in [1.165, 1.54) is 24.4 Å². The van der Waals surface area contributed by atoms with Crippen molar-refractivity contribution in [2.75, 3.05) is 0 Å². The zero-order chi connectivity index (χ0) is 12.6. The highest BCUT2D eigenvalue weighted by Gasteiger charge is 2.33. The lowest BCUT2D eigenvalue weighted by molar-refractivity contribution is -0.141. The van der Waals surface area contributed by atoms with Crippen LogP contribution in [0.15, 0.2) is 30.5 Å². The van der Waals surface area contributed by atoms with Crippen molar-refractivity contribution in [3.05, 3.63) is 47.5 Å². The van der Waals surface area contributed by atoms with E-state index in [-0.39, 0.29) is 0 Å². The van der Waals surface area contributed by atoms with Gasteiger partial charge in [-0.15, -0.1) is 0 Å². The van der Waals surface area contributed by atoms with Crippen LogP contribution in [0.1, 0.15) is 11.3 Å². The molecule has 0 amide bonds. The van der Waals surface area contributed by atoms with Crippen LogP contribution in [0.3, 0.4) is 0 Å². The van der Waals surface area contributed by atoms with E-state index in [1.807, 2.05) is 0 Å². The fourth-order valence-electron chi connectivity index (χ4n) is 1.49. The van der Waals surface area contributed by atoms with Gasteiger partial charge in [0.1, 0.15) is 5.82 Å². The Morgan fingerprint density at radius 1 is 1.18 bits per heavy atom. The Morgan fingerprint density at radius 3 is 2.41 bits per heavy atom. The summed E-state index contributed by atoms with van der Waals surface area (Å²) in [5.74, 6) is -0.436. The highest BCUT2D eigenvalue weighted by Crippen LogP contribution is 2.28. The molecule has 17 heavy (non-hydrogen) atoms. The normalized spacial score (nSPS) is 11.8. The lowest BCUT2D eigenvalue weighted by atomic mass is 10.2. The third-order valence-electron chi connectivity index (χ3n) is 2.29. The van der Waals surface area contributed by atoms with Crippen molar-refractivity contribution in [3.63, 3.8) is 0 Å². The predicted molar refractivity (Wildman–Crippen MR) is 53.3 cm³/mol. The fourth-order valence-corrected chi connectivity index (χ4v) is 1.49. The average molecular weight is 244 g/mol. The second-order valence-corrected chi connectivity index (χ2v) is 3.57. The van der Waals surface area contributed by atoms with E-state index in [0.29, 0.717) is 11.3 Å². The Labute approximate surface area is 94.5 Å². The van der Waals surface area contributed by atoms with E-state index in [4.69, 9.17) is 0 Å². The first kappa shape index (κ1) is 11.6. The molecule has 0 fully saturated rings. The average Bonchev–Trinajstić information content (AvgIpc) is 2.65. The van der Waals surface area contributed by atoms with Gasteiger partial charge in [0.15, 0.2) is 5.69 Å². The minimum Gasteiger partial charge on any atom is -0.240 e. The molecule has 2 rings (SSSR count). The van der Waals surface area contributed by atoms with Gasteiger partial charge >= 0.3 is 6.18 Å². The van der Waals surface area contributed by atoms with Gasteiger partial charge in [-0.1, -0.05) is 0 Å². The van der Waals surface area contributed by atoms with Crippen LogP contribution in [-0.4, -0.2) is 9.78 Å². The number of alkyl halides is 3. The number of hydrogen-bond acceptors (Lipinski definition) is 1. The summed E-state index contributed by atoms with van der Waals surface area (Å²) in [6.45, 7) is 1.60. The smallest absolute Gasteiger partial charge is 0.240 e. The zero-order valence-corrected chi connectivity index (χ0v) is 8.79. The number of aryl methyl sites for hydroxylation is 1. The molecule has 0 spiro atoms. The highest BCUT2D eigenvalue weighted by atomic mass is 19.4. The molecule has 1 aromatic heterocycles. The first-order valence-corrected chi connectivity index (χ1v) is 4.77. The molecule has 1 heterocycles. The summed E-state index contributed by atoms with van der Waals surface area (Å²) < 4.78 is 51.0. The number of nitrogens with zero attached hydrogens (tertiary/aromatic N) is 2. The standard InChI is InChI=1S/C11H8F4N2/c1-7-6-8(12)2-3-9(7)17-5-4-10(16-17)11(13,14)15/h2-6H,1H3. The summed E-state index contributed by atoms with van der Waals surface area (Å²) in [6.07, 6.45) is -3.28. The largest absolute Gasteiger partial charge is 0.435 e. The molecular formula is C11H8F4N2. The molecule has 0 bridgehead atoms. The molecule has 2 nitrogen and oxygen atoms in total. The fraction of sp³-hybridized carbons (Fsp3) is 0.182. The van der Waals surface area contributed by atoms with Crippen LogP contribution in [0.2, 0.25) is 0 Å². The molecule has 0 atom stereocenters. The molecule has 0 saturated heterocycles. The van der Waals surface area contributed by atoms with Crippen LogP contribution >= 0.6 is 0 Å². The monoisotopic (exact) mass is 244 g/mol. The van der Waals surface area contributed by atoms with Crippen LogP contribution in [0.5, 0.6) is 0 Å². The maximum Gasteiger partial charge on any atom is 0.435 e. The molecule has 0 unspecified atom stereocenters. The number of halogens is 4. The minimum atomic E-state index is -4.47. The van der Waals surface area contributed by atoms with E-state index < -0.39 is 17.7 Å². The van der Waals surface area contributed by atoms with E-state index in [9.17, 15) is 17.6 Å². The number of hydrogen-bond donors (Lipinski definition) is 0. The summed E-state index contributed by atoms with van der Waals surface area (Å²) in [5.41, 5.74) is -0.0371. The quantitative estimate of drug-likeness (QED) is 0.703. The molecule has 2 aromatic rings. The Bertz CT molecular complexity index is 543. The van der Waals surface area contributed by atoms with Gasteiger partial charge in [-0.05, 0) is 36.8 Å². The molecule has 0 N–H and O–H groups in total. The predicted octanol–water partition coefficient (Wildman–Crippen LogP) is 3.34. The van der Waals surface area contributed by atoms with E-state index >= 15 is 0 Å². The summed E-state index contributed by atoms with van der Waals surface area (Å²) in [6, 6.07) is 4.68. The molecular weight excluding hydrogens is 236 g/mol. The molecule has 0 aliphatic heterocycles. The van der Waals surface area contributed by atoms with Gasteiger partial charge in [0.2, 0.25) is 0 Å². The Balaban J connectivity index is 2.44. The third kappa shape index (κ3) is 2.30. The van der Waals surface area contributed by atoms with Crippen LogP contribution in [0.25, 0.3) is 5.69 Å². The minimum absolute atomic E-state index is 0.418. The van der Waals surface area contributed by atoms with Crippen molar-refractivity contribution in [3.8, 4) is 5.69 Å². The molecule has 0 aliphatic rings. The zero-order valence-electron chi connectivity index (χ0n) is 8.79. The Hall–Kier alpha value is -1.85. The van der Waals surface area contributed by atoms with Crippen molar-refractivity contribution in [1.29, 1.82) is 0 Å². The van der Waals surface area contributed by atoms with Crippen molar-refractivity contribution in [2.24, 2.45) is 0 Å². The van der Waals surface area contributed by atoms with Gasteiger partial charge in [-0.25, -0.2) is 9.07 Å². The third-order valence-corrected chi connectivity index (χ3v) is 2.29. The van der Waals surface area contributed by atoms with Crippen molar-refractivity contribution in [2.45, 2.75) is 13.1 Å². The lowest BCUT2D eigenvalue weighted by Gasteiger charge is -2.06. The van der Waals surface area contributed by atoms with E-state index in [0.717, 1.165) is 10.7 Å². The number of aromatic nitrogens is 2. The van der Waals surface area contributed by atoms with Crippen molar-refractivity contribution >= 4 is 0 Å². The number of benzene rings is 1. The maximum atomic E-state index is 12.8.